The molecule has 0 saturated carbocycles. The second kappa shape index (κ2) is 7.74. The maximum atomic E-state index is 12.9. The van der Waals surface area contributed by atoms with Crippen LogP contribution in [-0.2, 0) is 10.0 Å². The Morgan fingerprint density at radius 1 is 1.38 bits per heavy atom. The summed E-state index contributed by atoms with van der Waals surface area (Å²) in [6, 6.07) is 1.79. The van der Waals surface area contributed by atoms with Crippen molar-refractivity contribution in [1.29, 1.82) is 0 Å². The molecule has 2 N–H and O–H groups in total. The van der Waals surface area contributed by atoms with Crippen molar-refractivity contribution in [3.8, 4) is 0 Å². The van der Waals surface area contributed by atoms with Gasteiger partial charge in [0.25, 0.3) is 5.91 Å². The zero-order valence-corrected chi connectivity index (χ0v) is 16.1. The van der Waals surface area contributed by atoms with E-state index in [0.29, 0.717) is 18.0 Å². The molecular formula is C15H23N3O3S3. The summed E-state index contributed by atoms with van der Waals surface area (Å²) in [5, 5.41) is 8.03. The Bertz CT molecular complexity index is 683. The number of rotatable bonds is 4. The van der Waals surface area contributed by atoms with Gasteiger partial charge in [-0.2, -0.15) is 16.1 Å². The van der Waals surface area contributed by atoms with Crippen LogP contribution in [0.1, 0.15) is 29.4 Å². The lowest BCUT2D eigenvalue weighted by Crippen LogP contribution is -2.52. The van der Waals surface area contributed by atoms with Crippen molar-refractivity contribution in [2.75, 3.05) is 31.1 Å². The van der Waals surface area contributed by atoms with Crippen LogP contribution in [0.2, 0.25) is 0 Å². The van der Waals surface area contributed by atoms with Gasteiger partial charge in [0.2, 0.25) is 10.0 Å². The Hall–Kier alpha value is -0.610. The fourth-order valence-electron chi connectivity index (χ4n) is 3.07. The smallest absolute Gasteiger partial charge is 0.263 e. The molecule has 9 heteroatoms. The first kappa shape index (κ1) is 18.2. The Morgan fingerprint density at radius 2 is 2.12 bits per heavy atom. The van der Waals surface area contributed by atoms with Gasteiger partial charge in [-0.05, 0) is 37.8 Å². The van der Waals surface area contributed by atoms with Gasteiger partial charge in [0.1, 0.15) is 9.77 Å². The molecule has 2 saturated heterocycles. The van der Waals surface area contributed by atoms with E-state index in [4.69, 9.17) is 0 Å². The van der Waals surface area contributed by atoms with Crippen LogP contribution in [0.5, 0.6) is 0 Å². The molecule has 2 aliphatic heterocycles. The zero-order valence-electron chi connectivity index (χ0n) is 13.7. The number of piperidine rings is 1. The largest absolute Gasteiger partial charge is 0.347 e. The molecule has 134 valence electrons. The molecule has 1 aromatic heterocycles. The molecule has 0 aromatic carbocycles. The van der Waals surface area contributed by atoms with Gasteiger partial charge >= 0.3 is 0 Å². The molecule has 24 heavy (non-hydrogen) atoms. The molecule has 6 nitrogen and oxygen atoms in total. The predicted octanol–water partition coefficient (Wildman–Crippen LogP) is 1.36. The van der Waals surface area contributed by atoms with E-state index in [9.17, 15) is 13.2 Å². The molecule has 2 fully saturated rings. The van der Waals surface area contributed by atoms with Crippen LogP contribution in [0.15, 0.2) is 16.3 Å². The minimum atomic E-state index is -3.59. The second-order valence-corrected chi connectivity index (χ2v) is 10.1. The highest BCUT2D eigenvalue weighted by Gasteiger charge is 2.32. The van der Waals surface area contributed by atoms with Crippen molar-refractivity contribution >= 4 is 39.0 Å². The summed E-state index contributed by atoms with van der Waals surface area (Å²) in [5.41, 5.74) is 0. The van der Waals surface area contributed by atoms with E-state index in [1.54, 1.807) is 23.2 Å². The summed E-state index contributed by atoms with van der Waals surface area (Å²) >= 11 is 2.95. The van der Waals surface area contributed by atoms with Crippen LogP contribution in [0.3, 0.4) is 0 Å². The van der Waals surface area contributed by atoms with Gasteiger partial charge in [-0.1, -0.05) is 0 Å². The first-order chi connectivity index (χ1) is 11.5. The van der Waals surface area contributed by atoms with E-state index >= 15 is 0 Å². The second-order valence-electron chi connectivity index (χ2n) is 6.10. The maximum Gasteiger partial charge on any atom is 0.263 e. The molecule has 0 spiro atoms. The lowest BCUT2D eigenvalue weighted by molar-refractivity contribution is 0.0921. The molecule has 1 aromatic rings. The van der Waals surface area contributed by atoms with Crippen LogP contribution in [-0.4, -0.2) is 61.9 Å². The summed E-state index contributed by atoms with van der Waals surface area (Å²) < 4.78 is 27.2. The van der Waals surface area contributed by atoms with Crippen LogP contribution < -0.4 is 10.6 Å². The van der Waals surface area contributed by atoms with Gasteiger partial charge in [0.15, 0.2) is 0 Å². The number of nitrogens with one attached hydrogen (secondary N) is 2. The summed E-state index contributed by atoms with van der Waals surface area (Å²) in [6.07, 6.45) is 1.92. The first-order valence-electron chi connectivity index (χ1n) is 8.20. The fourth-order valence-corrected chi connectivity index (χ4v) is 6.95. The van der Waals surface area contributed by atoms with Gasteiger partial charge in [-0.25, -0.2) is 8.42 Å². The van der Waals surface area contributed by atoms with E-state index < -0.39 is 10.0 Å². The molecule has 3 heterocycles. The standard InChI is InChI=1S/C15H23N3O3S3/c1-11-12(3-2-5-16-11)17-15(19)14-13(4-8-23-14)24(20,21)18-6-9-22-10-7-18/h4,8,11-12,16H,2-3,5-7,9-10H2,1H3,(H,17,19). The van der Waals surface area contributed by atoms with Crippen molar-refractivity contribution in [1.82, 2.24) is 14.9 Å². The quantitative estimate of drug-likeness (QED) is 0.813. The number of sulfonamides is 1. The molecule has 2 aliphatic rings. The predicted molar refractivity (Wildman–Crippen MR) is 98.4 cm³/mol. The number of thiophene rings is 1. The third-order valence-electron chi connectivity index (χ3n) is 4.50. The summed E-state index contributed by atoms with van der Waals surface area (Å²) in [7, 11) is -3.59. The van der Waals surface area contributed by atoms with Crippen LogP contribution in [0.25, 0.3) is 0 Å². The minimum absolute atomic E-state index is 0.0373. The Morgan fingerprint density at radius 3 is 2.83 bits per heavy atom. The highest BCUT2D eigenvalue weighted by molar-refractivity contribution is 7.99. The number of hydrogen-bond donors (Lipinski definition) is 2. The van der Waals surface area contributed by atoms with E-state index in [1.165, 1.54) is 15.6 Å². The number of thioether (sulfide) groups is 1. The number of carbonyl (C=O) groups excluding carboxylic acids is 1. The maximum absolute atomic E-state index is 12.9. The SMILES string of the molecule is CC1NCCCC1NC(=O)c1sccc1S(=O)(=O)N1CCSCC1. The lowest BCUT2D eigenvalue weighted by atomic mass is 10.00. The van der Waals surface area contributed by atoms with Gasteiger partial charge in [-0.15, -0.1) is 11.3 Å². The number of nitrogens with zero attached hydrogens (tertiary/aromatic N) is 1. The monoisotopic (exact) mass is 389 g/mol. The molecule has 0 bridgehead atoms. The Balaban J connectivity index is 1.78. The molecule has 0 aliphatic carbocycles. The van der Waals surface area contributed by atoms with E-state index in [1.807, 2.05) is 6.92 Å². The summed E-state index contributed by atoms with van der Waals surface area (Å²) in [6.45, 7) is 4.02. The highest BCUT2D eigenvalue weighted by atomic mass is 32.2. The number of amides is 1. The van der Waals surface area contributed by atoms with Crippen LogP contribution in [0, 0.1) is 0 Å². The minimum Gasteiger partial charge on any atom is -0.347 e. The van der Waals surface area contributed by atoms with Crippen molar-refractivity contribution in [3.63, 3.8) is 0 Å². The van der Waals surface area contributed by atoms with Gasteiger partial charge in [-0.3, -0.25) is 4.79 Å². The molecule has 2 atom stereocenters. The van der Waals surface area contributed by atoms with Crippen LogP contribution >= 0.6 is 23.1 Å². The number of carbonyl (C=O) groups is 1. The summed E-state index contributed by atoms with van der Waals surface area (Å²) in [5.74, 6) is 1.32. The van der Waals surface area contributed by atoms with E-state index in [-0.39, 0.29) is 22.9 Å². The van der Waals surface area contributed by atoms with Gasteiger partial charge in [0.05, 0.1) is 0 Å². The molecule has 1 amide bonds. The topological polar surface area (TPSA) is 78.5 Å². The van der Waals surface area contributed by atoms with Gasteiger partial charge < -0.3 is 10.6 Å². The Kier molecular flexibility index (Phi) is 5.86. The molecule has 2 unspecified atom stereocenters. The summed E-state index contributed by atoms with van der Waals surface area (Å²) in [4.78, 5) is 13.1. The zero-order chi connectivity index (χ0) is 17.2. The molecule has 0 radical (unpaired) electrons. The first-order valence-corrected chi connectivity index (χ1v) is 11.7. The number of hydrogen-bond acceptors (Lipinski definition) is 6. The van der Waals surface area contributed by atoms with E-state index in [0.717, 1.165) is 30.9 Å². The van der Waals surface area contributed by atoms with Crippen LogP contribution in [0.4, 0.5) is 0 Å². The average molecular weight is 390 g/mol. The van der Waals surface area contributed by atoms with Crippen molar-refractivity contribution in [2.45, 2.75) is 36.7 Å². The normalized spacial score (nSPS) is 26.2. The Labute approximate surface area is 151 Å². The van der Waals surface area contributed by atoms with Crippen molar-refractivity contribution in [2.24, 2.45) is 0 Å². The van der Waals surface area contributed by atoms with Crippen molar-refractivity contribution in [3.05, 3.63) is 16.3 Å². The molecule has 3 rings (SSSR count). The lowest BCUT2D eigenvalue weighted by Gasteiger charge is -2.30. The fraction of sp³-hybridized carbons (Fsp3) is 0.667. The highest BCUT2D eigenvalue weighted by Crippen LogP contribution is 2.27. The molecular weight excluding hydrogens is 366 g/mol. The average Bonchev–Trinajstić information content (AvgIpc) is 3.08. The van der Waals surface area contributed by atoms with E-state index in [2.05, 4.69) is 10.6 Å². The van der Waals surface area contributed by atoms with Crippen molar-refractivity contribution < 1.29 is 13.2 Å². The van der Waals surface area contributed by atoms with Gasteiger partial charge in [0, 0.05) is 36.7 Å². The third kappa shape index (κ3) is 3.80. The third-order valence-corrected chi connectivity index (χ3v) is 8.43.